The van der Waals surface area contributed by atoms with Crippen molar-refractivity contribution in [2.24, 2.45) is 0 Å². The fourth-order valence-electron chi connectivity index (χ4n) is 5.00. The number of aryl methyl sites for hydroxylation is 1. The highest BCUT2D eigenvalue weighted by molar-refractivity contribution is 7.17. The summed E-state index contributed by atoms with van der Waals surface area (Å²) in [6.07, 6.45) is 0. The van der Waals surface area contributed by atoms with E-state index in [1.807, 2.05) is 84.1 Å². The molecule has 6 nitrogen and oxygen atoms in total. The number of imidazole rings is 1. The predicted octanol–water partition coefficient (Wildman–Crippen LogP) is 6.33. The smallest absolute Gasteiger partial charge is 0.345 e. The maximum atomic E-state index is 13.3. The summed E-state index contributed by atoms with van der Waals surface area (Å²) in [6, 6.07) is 24.4. The first-order valence-electron chi connectivity index (χ1n) is 11.5. The van der Waals surface area contributed by atoms with E-state index in [2.05, 4.69) is 0 Å². The minimum absolute atomic E-state index is 0.167. The molecule has 3 aromatic heterocycles. The van der Waals surface area contributed by atoms with Gasteiger partial charge in [0.1, 0.15) is 11.0 Å². The fraction of sp³-hybridized carbons (Fsp3) is 0.107. The van der Waals surface area contributed by atoms with Crippen molar-refractivity contribution in [1.29, 1.82) is 0 Å². The molecule has 2 atom stereocenters. The van der Waals surface area contributed by atoms with Crippen LogP contribution in [0.25, 0.3) is 38.2 Å². The van der Waals surface area contributed by atoms with Crippen LogP contribution in [0.1, 0.15) is 16.5 Å². The van der Waals surface area contributed by atoms with Gasteiger partial charge in [0.15, 0.2) is 4.96 Å². The largest absolute Gasteiger partial charge is 0.422 e. The molecular formula is C28H18ClN3O3S. The number of anilines is 1. The molecule has 7 rings (SSSR count). The average molecular weight is 512 g/mol. The molecule has 2 unspecified atom stereocenters. The fourth-order valence-corrected chi connectivity index (χ4v) is 6.70. The zero-order valence-corrected chi connectivity index (χ0v) is 20.6. The van der Waals surface area contributed by atoms with E-state index in [1.54, 1.807) is 11.0 Å². The first kappa shape index (κ1) is 21.4. The van der Waals surface area contributed by atoms with Gasteiger partial charge in [-0.2, -0.15) is 0 Å². The van der Waals surface area contributed by atoms with Crippen molar-refractivity contribution >= 4 is 61.5 Å². The number of rotatable bonds is 3. The molecule has 176 valence electrons. The van der Waals surface area contributed by atoms with E-state index in [1.165, 1.54) is 11.3 Å². The molecular weight excluding hydrogens is 494 g/mol. The minimum atomic E-state index is -0.758. The number of alkyl halides is 1. The quantitative estimate of drug-likeness (QED) is 0.158. The van der Waals surface area contributed by atoms with Crippen molar-refractivity contribution in [2.75, 3.05) is 4.90 Å². The number of hydrogen-bond acceptors (Lipinski definition) is 5. The van der Waals surface area contributed by atoms with E-state index >= 15 is 0 Å². The molecule has 0 saturated carbocycles. The molecule has 4 heterocycles. The van der Waals surface area contributed by atoms with Crippen LogP contribution >= 0.6 is 22.9 Å². The maximum absolute atomic E-state index is 13.3. The molecule has 1 aliphatic heterocycles. The number of benzene rings is 3. The highest BCUT2D eigenvalue weighted by Crippen LogP contribution is 2.49. The Balaban J connectivity index is 1.54. The number of thiazole rings is 1. The highest BCUT2D eigenvalue weighted by Gasteiger charge is 2.50. The lowest BCUT2D eigenvalue weighted by Gasteiger charge is -2.44. The van der Waals surface area contributed by atoms with Crippen LogP contribution in [0.4, 0.5) is 5.69 Å². The van der Waals surface area contributed by atoms with Gasteiger partial charge in [-0.3, -0.25) is 9.20 Å². The number of amides is 1. The van der Waals surface area contributed by atoms with Gasteiger partial charge in [-0.1, -0.05) is 53.8 Å². The molecule has 0 radical (unpaired) electrons. The van der Waals surface area contributed by atoms with E-state index in [-0.39, 0.29) is 5.91 Å². The highest BCUT2D eigenvalue weighted by atomic mass is 35.5. The van der Waals surface area contributed by atoms with Crippen LogP contribution in [-0.4, -0.2) is 20.7 Å². The molecule has 8 heteroatoms. The van der Waals surface area contributed by atoms with Crippen LogP contribution in [0, 0.1) is 6.92 Å². The number of nitrogens with zero attached hydrogens (tertiary/aromatic N) is 3. The van der Waals surface area contributed by atoms with Gasteiger partial charge in [0.05, 0.1) is 33.2 Å². The normalized spacial score (nSPS) is 17.8. The summed E-state index contributed by atoms with van der Waals surface area (Å²) in [4.78, 5) is 34.4. The van der Waals surface area contributed by atoms with Gasteiger partial charge in [-0.15, -0.1) is 11.6 Å². The number of aromatic nitrogens is 2. The molecule has 0 aliphatic carbocycles. The molecule has 36 heavy (non-hydrogen) atoms. The van der Waals surface area contributed by atoms with Gasteiger partial charge in [0, 0.05) is 11.1 Å². The molecule has 0 bridgehead atoms. The van der Waals surface area contributed by atoms with E-state index in [4.69, 9.17) is 21.0 Å². The Labute approximate surface area is 214 Å². The van der Waals surface area contributed by atoms with Gasteiger partial charge in [-0.25, -0.2) is 9.78 Å². The second kappa shape index (κ2) is 7.78. The Hall–Kier alpha value is -3.94. The van der Waals surface area contributed by atoms with E-state index in [9.17, 15) is 9.59 Å². The number of halogens is 1. The summed E-state index contributed by atoms with van der Waals surface area (Å²) >= 11 is 8.12. The summed E-state index contributed by atoms with van der Waals surface area (Å²) < 4.78 is 7.70. The van der Waals surface area contributed by atoms with Crippen molar-refractivity contribution in [3.8, 4) is 11.3 Å². The first-order valence-corrected chi connectivity index (χ1v) is 12.7. The Kier molecular flexibility index (Phi) is 4.61. The van der Waals surface area contributed by atoms with Gasteiger partial charge >= 0.3 is 5.63 Å². The molecule has 1 amide bonds. The molecule has 0 spiro atoms. The summed E-state index contributed by atoms with van der Waals surface area (Å²) in [5.41, 5.74) is 4.64. The lowest BCUT2D eigenvalue weighted by atomic mass is 9.95. The summed E-state index contributed by atoms with van der Waals surface area (Å²) in [5, 5.41) is 0.0517. The Morgan fingerprint density at radius 3 is 2.64 bits per heavy atom. The summed E-state index contributed by atoms with van der Waals surface area (Å²) in [5.74, 6) is -0.167. The average Bonchev–Trinajstić information content (AvgIpc) is 3.42. The SMILES string of the molecule is Cc1cccc(N2C(=O)C(Cl)C2c2sc3nc4ccccc4n3c2-c2cc3ccccc3oc2=O)c1. The molecule has 3 aromatic carbocycles. The number of carbonyl (C=O) groups is 1. The monoisotopic (exact) mass is 511 g/mol. The maximum Gasteiger partial charge on any atom is 0.345 e. The van der Waals surface area contributed by atoms with Crippen LogP contribution in [0.3, 0.4) is 0 Å². The zero-order valence-electron chi connectivity index (χ0n) is 19.0. The van der Waals surface area contributed by atoms with E-state index in [0.29, 0.717) is 16.8 Å². The van der Waals surface area contributed by atoms with Crippen molar-refractivity contribution in [2.45, 2.75) is 18.3 Å². The van der Waals surface area contributed by atoms with Crippen molar-refractivity contribution in [1.82, 2.24) is 9.38 Å². The van der Waals surface area contributed by atoms with Crippen molar-refractivity contribution in [3.63, 3.8) is 0 Å². The standard InChI is InChI=1S/C28H18ClN3O3S/c1-15-7-6-9-17(13-15)31-24(22(29)26(31)33)25-23(18-14-16-8-2-5-12-21(16)35-27(18)34)32-20-11-4-3-10-19(20)30-28(32)36-25/h2-14,22,24H,1H3. The third-order valence-electron chi connectivity index (χ3n) is 6.66. The van der Waals surface area contributed by atoms with Crippen LogP contribution in [-0.2, 0) is 4.79 Å². The number of fused-ring (bicyclic) bond motifs is 4. The van der Waals surface area contributed by atoms with E-state index < -0.39 is 17.0 Å². The zero-order chi connectivity index (χ0) is 24.6. The molecule has 1 aliphatic rings. The lowest BCUT2D eigenvalue weighted by molar-refractivity contribution is -0.123. The molecule has 1 saturated heterocycles. The Morgan fingerprint density at radius 1 is 0.972 bits per heavy atom. The van der Waals surface area contributed by atoms with Gasteiger partial charge in [-0.05, 0) is 48.9 Å². The second-order valence-corrected chi connectivity index (χ2v) is 10.4. The number of hydrogen-bond donors (Lipinski definition) is 0. The summed E-state index contributed by atoms with van der Waals surface area (Å²) in [6.45, 7) is 1.98. The van der Waals surface area contributed by atoms with Gasteiger partial charge < -0.3 is 9.32 Å². The molecule has 0 N–H and O–H groups in total. The Bertz CT molecular complexity index is 1900. The van der Waals surface area contributed by atoms with Crippen LogP contribution in [0.5, 0.6) is 0 Å². The van der Waals surface area contributed by atoms with Crippen molar-refractivity contribution < 1.29 is 9.21 Å². The number of carbonyl (C=O) groups excluding carboxylic acids is 1. The third kappa shape index (κ3) is 3.00. The van der Waals surface area contributed by atoms with Crippen molar-refractivity contribution in [3.05, 3.63) is 99.7 Å². The molecule has 1 fully saturated rings. The topological polar surface area (TPSA) is 67.8 Å². The van der Waals surface area contributed by atoms with Crippen LogP contribution in [0.2, 0.25) is 0 Å². The third-order valence-corrected chi connectivity index (χ3v) is 8.20. The molecule has 6 aromatic rings. The second-order valence-electron chi connectivity index (χ2n) is 8.91. The summed E-state index contributed by atoms with van der Waals surface area (Å²) in [7, 11) is 0. The number of para-hydroxylation sites is 3. The minimum Gasteiger partial charge on any atom is -0.422 e. The van der Waals surface area contributed by atoms with Crippen LogP contribution < -0.4 is 10.5 Å². The first-order chi connectivity index (χ1) is 17.5. The van der Waals surface area contributed by atoms with Gasteiger partial charge in [0.2, 0.25) is 5.91 Å². The van der Waals surface area contributed by atoms with Crippen LogP contribution in [0.15, 0.2) is 88.1 Å². The van der Waals surface area contributed by atoms with Gasteiger partial charge in [0.25, 0.3) is 0 Å². The lowest BCUT2D eigenvalue weighted by Crippen LogP contribution is -2.56. The Morgan fingerprint density at radius 2 is 1.78 bits per heavy atom. The predicted molar refractivity (Wildman–Crippen MR) is 143 cm³/mol. The van der Waals surface area contributed by atoms with E-state index in [0.717, 1.165) is 37.5 Å². The number of β-lactam (4-membered cyclic amide) rings is 1.